The number of aromatic amines is 2. The van der Waals surface area contributed by atoms with Gasteiger partial charge in [0.25, 0.3) is 11.5 Å². The van der Waals surface area contributed by atoms with E-state index in [4.69, 9.17) is 5.73 Å². The van der Waals surface area contributed by atoms with E-state index in [1.54, 1.807) is 12.1 Å². The molecule has 0 bridgehead atoms. The van der Waals surface area contributed by atoms with E-state index in [1.807, 2.05) is 4.98 Å². The molecule has 0 aliphatic heterocycles. The van der Waals surface area contributed by atoms with Gasteiger partial charge in [-0.2, -0.15) is 5.10 Å². The lowest BCUT2D eigenvalue weighted by Crippen LogP contribution is -2.40. The fourth-order valence-corrected chi connectivity index (χ4v) is 2.36. The van der Waals surface area contributed by atoms with E-state index in [1.165, 1.54) is 12.1 Å². The van der Waals surface area contributed by atoms with Crippen molar-refractivity contribution in [2.24, 2.45) is 5.73 Å². The van der Waals surface area contributed by atoms with Crippen LogP contribution < -0.4 is 32.9 Å². The highest BCUT2D eigenvalue weighted by Gasteiger charge is 2.12. The Balaban J connectivity index is 1.73. The number of aliphatic hydroxyl groups excluding tert-OH is 1. The van der Waals surface area contributed by atoms with Crippen LogP contribution in [0, 0.1) is 0 Å². The average molecular weight is 419 g/mol. The van der Waals surface area contributed by atoms with Crippen molar-refractivity contribution < 1.29 is 19.5 Å². The molecule has 13 heteroatoms. The number of anilines is 1. The normalized spacial score (nSPS) is 11.4. The number of nitrogens with zero attached hydrogens (tertiary/aromatic N) is 1. The Morgan fingerprint density at radius 2 is 1.90 bits per heavy atom. The maximum Gasteiger partial charge on any atom is 0.342 e. The van der Waals surface area contributed by atoms with Crippen molar-refractivity contribution >= 4 is 23.5 Å². The van der Waals surface area contributed by atoms with Crippen LogP contribution in [0.2, 0.25) is 0 Å². The van der Waals surface area contributed by atoms with Crippen LogP contribution in [0.25, 0.3) is 0 Å². The summed E-state index contributed by atoms with van der Waals surface area (Å²) in [5.74, 6) is -0.935. The van der Waals surface area contributed by atoms with Crippen molar-refractivity contribution in [2.45, 2.75) is 18.9 Å². The van der Waals surface area contributed by atoms with E-state index in [-0.39, 0.29) is 37.2 Å². The standard InChI is InChI=1S/C17H21N7O6/c18-16(29)21-10-3-1-2-9(6-10)14(27)20-8-11(25)7-19-13(26)5-4-12-15(28)22-17(30)24-23-12/h1-3,6,11,25H,4-5,7-8H2,(H,19,26)(H,20,27)(H3,18,21,29)(H2,22,24,28,30). The van der Waals surface area contributed by atoms with Gasteiger partial charge in [0.1, 0.15) is 5.69 Å². The smallest absolute Gasteiger partial charge is 0.342 e. The molecular weight excluding hydrogens is 398 g/mol. The third kappa shape index (κ3) is 7.20. The van der Waals surface area contributed by atoms with Crippen LogP contribution >= 0.6 is 0 Å². The lowest BCUT2D eigenvalue weighted by Gasteiger charge is -2.13. The topological polar surface area (TPSA) is 212 Å². The Morgan fingerprint density at radius 1 is 1.17 bits per heavy atom. The van der Waals surface area contributed by atoms with Gasteiger partial charge in [0.15, 0.2) is 0 Å². The van der Waals surface area contributed by atoms with Gasteiger partial charge in [0, 0.05) is 37.2 Å². The molecule has 30 heavy (non-hydrogen) atoms. The first kappa shape index (κ1) is 22.3. The zero-order chi connectivity index (χ0) is 22.1. The van der Waals surface area contributed by atoms with Crippen molar-refractivity contribution in [1.29, 1.82) is 0 Å². The number of urea groups is 1. The quantitative estimate of drug-likeness (QED) is 0.238. The van der Waals surface area contributed by atoms with Crippen LogP contribution in [0.15, 0.2) is 33.9 Å². The maximum absolute atomic E-state index is 12.1. The number of H-pyrrole nitrogens is 2. The van der Waals surface area contributed by atoms with E-state index >= 15 is 0 Å². The molecule has 8 N–H and O–H groups in total. The first-order chi connectivity index (χ1) is 14.2. The molecule has 0 radical (unpaired) electrons. The molecule has 13 nitrogen and oxygen atoms in total. The number of benzene rings is 1. The fraction of sp³-hybridized carbons (Fsp3) is 0.294. The van der Waals surface area contributed by atoms with Crippen molar-refractivity contribution in [3.05, 3.63) is 56.4 Å². The van der Waals surface area contributed by atoms with Crippen LogP contribution in [-0.2, 0) is 11.2 Å². The summed E-state index contributed by atoms with van der Waals surface area (Å²) in [5.41, 5.74) is 4.20. The van der Waals surface area contributed by atoms with Crippen LogP contribution in [-0.4, -0.2) is 57.3 Å². The van der Waals surface area contributed by atoms with Crippen LogP contribution in [0.1, 0.15) is 22.5 Å². The molecule has 0 saturated carbocycles. The van der Waals surface area contributed by atoms with Crippen molar-refractivity contribution in [2.75, 3.05) is 18.4 Å². The second kappa shape index (κ2) is 10.5. The Hall–Kier alpha value is -4.00. The summed E-state index contributed by atoms with van der Waals surface area (Å²) in [6.45, 7) is -0.258. The molecule has 1 aromatic carbocycles. The summed E-state index contributed by atoms with van der Waals surface area (Å²) in [5, 5.41) is 22.9. The molecule has 160 valence electrons. The Morgan fingerprint density at radius 3 is 2.60 bits per heavy atom. The second-order valence-electron chi connectivity index (χ2n) is 6.19. The molecule has 0 spiro atoms. The van der Waals surface area contributed by atoms with Gasteiger partial charge in [-0.15, -0.1) is 0 Å². The van der Waals surface area contributed by atoms with Crippen LogP contribution in [0.3, 0.4) is 0 Å². The Labute approximate surface area is 169 Å². The molecule has 2 aromatic rings. The third-order valence-corrected chi connectivity index (χ3v) is 3.80. The molecule has 1 aromatic heterocycles. The third-order valence-electron chi connectivity index (χ3n) is 3.80. The minimum Gasteiger partial charge on any atom is -0.389 e. The minimum atomic E-state index is -1.06. The van der Waals surface area contributed by atoms with Crippen LogP contribution in [0.4, 0.5) is 10.5 Å². The highest BCUT2D eigenvalue weighted by molar-refractivity contribution is 5.96. The number of aliphatic hydroxyl groups is 1. The number of aryl methyl sites for hydroxylation is 1. The molecule has 1 atom stereocenters. The summed E-state index contributed by atoms with van der Waals surface area (Å²) in [6, 6.07) is 5.28. The zero-order valence-electron chi connectivity index (χ0n) is 15.7. The SMILES string of the molecule is NC(=O)Nc1cccc(C(=O)NCC(O)CNC(=O)CCc2n[nH]c(=O)[nH]c2=O)c1. The average Bonchev–Trinajstić information content (AvgIpc) is 2.69. The van der Waals surface area contributed by atoms with Crippen molar-refractivity contribution in [3.8, 4) is 0 Å². The molecular formula is C17H21N7O6. The molecule has 4 amide bonds. The van der Waals surface area contributed by atoms with Gasteiger partial charge >= 0.3 is 11.7 Å². The number of hydrogen-bond donors (Lipinski definition) is 7. The number of carbonyl (C=O) groups excluding carboxylic acids is 3. The predicted molar refractivity (Wildman–Crippen MR) is 105 cm³/mol. The van der Waals surface area contributed by atoms with E-state index < -0.39 is 35.2 Å². The monoisotopic (exact) mass is 419 g/mol. The van der Waals surface area contributed by atoms with Crippen molar-refractivity contribution in [1.82, 2.24) is 25.8 Å². The fourth-order valence-electron chi connectivity index (χ4n) is 2.36. The highest BCUT2D eigenvalue weighted by Crippen LogP contribution is 2.10. The summed E-state index contributed by atoms with van der Waals surface area (Å²) in [7, 11) is 0. The number of hydrogen-bond acceptors (Lipinski definition) is 7. The molecule has 0 aliphatic carbocycles. The summed E-state index contributed by atoms with van der Waals surface area (Å²) < 4.78 is 0. The van der Waals surface area contributed by atoms with Gasteiger partial charge in [0.2, 0.25) is 5.91 Å². The maximum atomic E-state index is 12.1. The molecule has 1 unspecified atom stereocenters. The first-order valence-electron chi connectivity index (χ1n) is 8.82. The number of amides is 4. The van der Waals surface area contributed by atoms with Gasteiger partial charge < -0.3 is 26.8 Å². The van der Waals surface area contributed by atoms with Gasteiger partial charge in [-0.1, -0.05) is 6.07 Å². The molecule has 0 saturated heterocycles. The van der Waals surface area contributed by atoms with Gasteiger partial charge in [-0.25, -0.2) is 14.7 Å². The van der Waals surface area contributed by atoms with Gasteiger partial charge in [-0.05, 0) is 18.2 Å². The predicted octanol–water partition coefficient (Wildman–Crippen LogP) is -2.21. The highest BCUT2D eigenvalue weighted by atomic mass is 16.3. The molecule has 0 aliphatic rings. The van der Waals surface area contributed by atoms with Crippen molar-refractivity contribution in [3.63, 3.8) is 0 Å². The van der Waals surface area contributed by atoms with E-state index in [0.717, 1.165) is 0 Å². The Bertz CT molecular complexity index is 1030. The van der Waals surface area contributed by atoms with E-state index in [2.05, 4.69) is 26.1 Å². The van der Waals surface area contributed by atoms with Gasteiger partial charge in [-0.3, -0.25) is 19.4 Å². The Kier molecular flexibility index (Phi) is 7.82. The number of primary amides is 1. The van der Waals surface area contributed by atoms with Crippen LogP contribution in [0.5, 0.6) is 0 Å². The lowest BCUT2D eigenvalue weighted by atomic mass is 10.2. The van der Waals surface area contributed by atoms with E-state index in [0.29, 0.717) is 5.69 Å². The first-order valence-corrected chi connectivity index (χ1v) is 8.82. The minimum absolute atomic E-state index is 0.000453. The molecule has 2 rings (SSSR count). The largest absolute Gasteiger partial charge is 0.389 e. The summed E-state index contributed by atoms with van der Waals surface area (Å²) in [6.07, 6.45) is -1.14. The summed E-state index contributed by atoms with van der Waals surface area (Å²) in [4.78, 5) is 59.2. The lowest BCUT2D eigenvalue weighted by molar-refractivity contribution is -0.121. The molecule has 0 fully saturated rings. The number of nitrogens with one attached hydrogen (secondary N) is 5. The van der Waals surface area contributed by atoms with Gasteiger partial charge in [0.05, 0.1) is 6.10 Å². The number of aromatic nitrogens is 3. The number of nitrogens with two attached hydrogens (primary N) is 1. The second-order valence-corrected chi connectivity index (χ2v) is 6.19. The number of carbonyl (C=O) groups is 3. The summed E-state index contributed by atoms with van der Waals surface area (Å²) >= 11 is 0. The number of rotatable bonds is 9. The molecule has 1 heterocycles. The zero-order valence-corrected chi connectivity index (χ0v) is 15.7. The van der Waals surface area contributed by atoms with E-state index in [9.17, 15) is 29.1 Å².